The maximum absolute atomic E-state index is 11.6. The molecule has 0 saturated heterocycles. The summed E-state index contributed by atoms with van der Waals surface area (Å²) < 4.78 is 0. The number of carbonyl (C=O) groups is 3. The van der Waals surface area contributed by atoms with Crippen molar-refractivity contribution in [2.75, 3.05) is 0 Å². The number of nitrogens with one attached hydrogen (secondary N) is 1. The van der Waals surface area contributed by atoms with E-state index in [1.807, 2.05) is 0 Å². The standard InChI is InChI=1S/C13H12Cl2N2O4/c14-8-3-1-7(9(15)5-8)2-4-12(19)17-10(13(20)21)6-11(16)18/h1-5,10H,6H2,(H2,16,18)(H,17,19)(H,20,21)/b4-2+. The number of amides is 2. The largest absolute Gasteiger partial charge is 0.480 e. The summed E-state index contributed by atoms with van der Waals surface area (Å²) in [7, 11) is 0. The summed E-state index contributed by atoms with van der Waals surface area (Å²) in [6.07, 6.45) is 2.01. The van der Waals surface area contributed by atoms with E-state index < -0.39 is 30.2 Å². The maximum atomic E-state index is 11.6. The van der Waals surface area contributed by atoms with Gasteiger partial charge in [0.25, 0.3) is 0 Å². The summed E-state index contributed by atoms with van der Waals surface area (Å²) in [5.41, 5.74) is 5.44. The molecule has 1 rings (SSSR count). The number of hydrogen-bond acceptors (Lipinski definition) is 3. The molecule has 0 aliphatic carbocycles. The molecular weight excluding hydrogens is 319 g/mol. The summed E-state index contributed by atoms with van der Waals surface area (Å²) in [6.45, 7) is 0. The van der Waals surface area contributed by atoms with Crippen molar-refractivity contribution in [2.45, 2.75) is 12.5 Å². The molecule has 1 aromatic carbocycles. The monoisotopic (exact) mass is 330 g/mol. The molecule has 0 bridgehead atoms. The molecule has 2 amide bonds. The minimum Gasteiger partial charge on any atom is -0.480 e. The van der Waals surface area contributed by atoms with Crippen molar-refractivity contribution < 1.29 is 19.5 Å². The third kappa shape index (κ3) is 5.85. The van der Waals surface area contributed by atoms with Crippen LogP contribution in [0.25, 0.3) is 6.08 Å². The van der Waals surface area contributed by atoms with Crippen LogP contribution in [0, 0.1) is 0 Å². The summed E-state index contributed by atoms with van der Waals surface area (Å²) in [6, 6.07) is 3.33. The van der Waals surface area contributed by atoms with Crippen LogP contribution in [-0.2, 0) is 14.4 Å². The molecule has 1 aromatic rings. The van der Waals surface area contributed by atoms with Gasteiger partial charge in [0.1, 0.15) is 6.04 Å². The van der Waals surface area contributed by atoms with Crippen molar-refractivity contribution in [1.82, 2.24) is 5.32 Å². The Kier molecular flexibility index (Phi) is 6.20. The highest BCUT2D eigenvalue weighted by molar-refractivity contribution is 6.35. The second-order valence-corrected chi connectivity index (χ2v) is 4.91. The van der Waals surface area contributed by atoms with Gasteiger partial charge in [-0.1, -0.05) is 29.3 Å². The molecule has 0 spiro atoms. The Morgan fingerprint density at radius 2 is 2.00 bits per heavy atom. The molecule has 4 N–H and O–H groups in total. The van der Waals surface area contributed by atoms with E-state index in [0.717, 1.165) is 6.08 Å². The first-order valence-corrected chi connectivity index (χ1v) is 6.50. The first-order chi connectivity index (χ1) is 9.79. The number of primary amides is 1. The van der Waals surface area contributed by atoms with Crippen molar-refractivity contribution in [2.24, 2.45) is 5.73 Å². The van der Waals surface area contributed by atoms with Crippen molar-refractivity contribution in [3.05, 3.63) is 39.9 Å². The third-order valence-electron chi connectivity index (χ3n) is 2.40. The quantitative estimate of drug-likeness (QED) is 0.685. The molecule has 0 aromatic heterocycles. The lowest BCUT2D eigenvalue weighted by molar-refractivity contribution is -0.142. The van der Waals surface area contributed by atoms with Crippen LogP contribution < -0.4 is 11.1 Å². The Hall–Kier alpha value is -2.05. The van der Waals surface area contributed by atoms with Gasteiger partial charge < -0.3 is 16.2 Å². The fourth-order valence-corrected chi connectivity index (χ4v) is 1.89. The molecule has 0 radical (unpaired) electrons. The lowest BCUT2D eigenvalue weighted by atomic mass is 10.2. The van der Waals surface area contributed by atoms with E-state index in [-0.39, 0.29) is 0 Å². The summed E-state index contributed by atoms with van der Waals surface area (Å²) in [4.78, 5) is 33.2. The average Bonchev–Trinajstić information content (AvgIpc) is 2.36. The highest BCUT2D eigenvalue weighted by atomic mass is 35.5. The van der Waals surface area contributed by atoms with Crippen LogP contribution >= 0.6 is 23.2 Å². The van der Waals surface area contributed by atoms with E-state index in [4.69, 9.17) is 34.0 Å². The zero-order valence-corrected chi connectivity index (χ0v) is 12.2. The van der Waals surface area contributed by atoms with Crippen molar-refractivity contribution in [1.29, 1.82) is 0 Å². The molecule has 112 valence electrons. The molecular formula is C13H12Cl2N2O4. The summed E-state index contributed by atoms with van der Waals surface area (Å²) >= 11 is 11.7. The van der Waals surface area contributed by atoms with Crippen molar-refractivity contribution in [3.8, 4) is 0 Å². The van der Waals surface area contributed by atoms with Crippen molar-refractivity contribution in [3.63, 3.8) is 0 Å². The van der Waals surface area contributed by atoms with Gasteiger partial charge in [0.15, 0.2) is 0 Å². The zero-order valence-electron chi connectivity index (χ0n) is 10.7. The number of hydrogen-bond donors (Lipinski definition) is 3. The van der Waals surface area contributed by atoms with E-state index in [2.05, 4.69) is 5.32 Å². The molecule has 1 atom stereocenters. The molecule has 0 saturated carbocycles. The average molecular weight is 331 g/mol. The Morgan fingerprint density at radius 1 is 1.33 bits per heavy atom. The second kappa shape index (κ2) is 7.66. The summed E-state index contributed by atoms with van der Waals surface area (Å²) in [5, 5.41) is 11.8. The zero-order chi connectivity index (χ0) is 16.0. The molecule has 8 heteroatoms. The molecule has 0 aliphatic rings. The van der Waals surface area contributed by atoms with E-state index in [1.54, 1.807) is 12.1 Å². The lowest BCUT2D eigenvalue weighted by Gasteiger charge is -2.10. The number of carboxylic acid groups (broad SMARTS) is 1. The predicted octanol–water partition coefficient (Wildman–Crippen LogP) is 1.45. The number of carboxylic acids is 1. The Balaban J connectivity index is 2.73. The Morgan fingerprint density at radius 3 is 2.52 bits per heavy atom. The van der Waals surface area contributed by atoms with E-state index in [9.17, 15) is 14.4 Å². The number of carbonyl (C=O) groups excluding carboxylic acids is 2. The fraction of sp³-hybridized carbons (Fsp3) is 0.154. The van der Waals surface area contributed by atoms with Gasteiger partial charge in [0.2, 0.25) is 11.8 Å². The van der Waals surface area contributed by atoms with Gasteiger partial charge in [0.05, 0.1) is 6.42 Å². The van der Waals surface area contributed by atoms with Crippen LogP contribution in [0.15, 0.2) is 24.3 Å². The second-order valence-electron chi connectivity index (χ2n) is 4.07. The van der Waals surface area contributed by atoms with Crippen LogP contribution in [0.1, 0.15) is 12.0 Å². The van der Waals surface area contributed by atoms with Crippen LogP contribution in [-0.4, -0.2) is 28.9 Å². The fourth-order valence-electron chi connectivity index (χ4n) is 1.42. The minimum atomic E-state index is -1.37. The van der Waals surface area contributed by atoms with Gasteiger partial charge in [-0.3, -0.25) is 9.59 Å². The van der Waals surface area contributed by atoms with E-state index in [1.165, 1.54) is 12.1 Å². The third-order valence-corrected chi connectivity index (χ3v) is 2.96. The van der Waals surface area contributed by atoms with Gasteiger partial charge in [-0.2, -0.15) is 0 Å². The highest BCUT2D eigenvalue weighted by Crippen LogP contribution is 2.21. The maximum Gasteiger partial charge on any atom is 0.326 e. The lowest BCUT2D eigenvalue weighted by Crippen LogP contribution is -2.42. The number of halogens is 2. The Labute approximate surface area is 130 Å². The topological polar surface area (TPSA) is 109 Å². The van der Waals surface area contributed by atoms with Gasteiger partial charge in [-0.15, -0.1) is 0 Å². The number of aliphatic carboxylic acids is 1. The molecule has 0 aliphatic heterocycles. The molecule has 0 heterocycles. The Bertz CT molecular complexity index is 602. The smallest absolute Gasteiger partial charge is 0.326 e. The SMILES string of the molecule is NC(=O)CC(NC(=O)/C=C/c1ccc(Cl)cc1Cl)C(=O)O. The van der Waals surface area contributed by atoms with Crippen molar-refractivity contribution >= 4 is 47.1 Å². The van der Waals surface area contributed by atoms with Gasteiger partial charge in [-0.05, 0) is 23.8 Å². The summed E-state index contributed by atoms with van der Waals surface area (Å²) in [5.74, 6) is -2.86. The van der Waals surface area contributed by atoms with Crippen LogP contribution in [0.3, 0.4) is 0 Å². The van der Waals surface area contributed by atoms with E-state index >= 15 is 0 Å². The first-order valence-electron chi connectivity index (χ1n) is 5.74. The molecule has 1 unspecified atom stereocenters. The van der Waals surface area contributed by atoms with Crippen LogP contribution in [0.2, 0.25) is 10.0 Å². The normalized spacial score (nSPS) is 12.1. The predicted molar refractivity (Wildman–Crippen MR) is 78.9 cm³/mol. The van der Waals surface area contributed by atoms with Gasteiger partial charge in [-0.25, -0.2) is 4.79 Å². The molecule has 21 heavy (non-hydrogen) atoms. The molecule has 6 nitrogen and oxygen atoms in total. The number of benzene rings is 1. The number of rotatable bonds is 6. The highest BCUT2D eigenvalue weighted by Gasteiger charge is 2.21. The van der Waals surface area contributed by atoms with Crippen LogP contribution in [0.4, 0.5) is 0 Å². The molecule has 0 fully saturated rings. The minimum absolute atomic E-state index is 0.346. The van der Waals surface area contributed by atoms with Gasteiger partial charge in [0, 0.05) is 16.1 Å². The van der Waals surface area contributed by atoms with Gasteiger partial charge >= 0.3 is 5.97 Å². The first kappa shape index (κ1) is 17.0. The van der Waals surface area contributed by atoms with Crippen LogP contribution in [0.5, 0.6) is 0 Å². The number of nitrogens with two attached hydrogens (primary N) is 1. The van der Waals surface area contributed by atoms with E-state index in [0.29, 0.717) is 15.6 Å².